The number of aromatic nitrogens is 1. The van der Waals surface area contributed by atoms with E-state index in [0.29, 0.717) is 0 Å². The highest BCUT2D eigenvalue weighted by atomic mass is 19.1. The van der Waals surface area contributed by atoms with Gasteiger partial charge in [0, 0.05) is 18.3 Å². The van der Waals surface area contributed by atoms with E-state index in [1.54, 1.807) is 12.1 Å². The minimum atomic E-state index is -0.752. The molecule has 0 aliphatic rings. The van der Waals surface area contributed by atoms with Crippen LogP contribution in [0.3, 0.4) is 0 Å². The topological polar surface area (TPSA) is 54.0 Å². The summed E-state index contributed by atoms with van der Waals surface area (Å²) in [5, 5.41) is 5.53. The Morgan fingerprint density at radius 3 is 2.43 bits per heavy atom. The first-order valence-electron chi connectivity index (χ1n) is 6.56. The van der Waals surface area contributed by atoms with E-state index in [9.17, 15) is 13.6 Å². The fraction of sp³-hybridized carbons (Fsp3) is 0.200. The molecule has 0 fully saturated rings. The molecule has 0 bridgehead atoms. The first kappa shape index (κ1) is 14.9. The largest absolute Gasteiger partial charge is 0.384 e. The summed E-state index contributed by atoms with van der Waals surface area (Å²) >= 11 is 0. The lowest BCUT2D eigenvalue weighted by atomic mass is 10.2. The number of nitrogens with one attached hydrogen (secondary N) is 2. The van der Waals surface area contributed by atoms with Crippen molar-refractivity contribution in [2.75, 3.05) is 17.2 Å². The van der Waals surface area contributed by atoms with Crippen LogP contribution in [0.4, 0.5) is 20.2 Å². The van der Waals surface area contributed by atoms with E-state index in [2.05, 4.69) is 15.6 Å². The van der Waals surface area contributed by atoms with Crippen LogP contribution in [-0.2, 0) is 0 Å². The van der Waals surface area contributed by atoms with Gasteiger partial charge in [0.15, 0.2) is 0 Å². The van der Waals surface area contributed by atoms with Gasteiger partial charge in [-0.25, -0.2) is 13.8 Å². The van der Waals surface area contributed by atoms with Gasteiger partial charge in [-0.3, -0.25) is 4.79 Å². The fourth-order valence-corrected chi connectivity index (χ4v) is 1.72. The molecule has 0 saturated carbocycles. The standard InChI is InChI=1S/C15H15F2N3O/c1-2-5-18-12-3-4-14(19-9-12)15(21)20-13-7-10(16)6-11(17)8-13/h3-4,6-9,18H,2,5H2,1H3,(H,20,21). The maximum Gasteiger partial charge on any atom is 0.274 e. The summed E-state index contributed by atoms with van der Waals surface area (Å²) < 4.78 is 26.1. The minimum absolute atomic E-state index is 0.0486. The van der Waals surface area contributed by atoms with Crippen molar-refractivity contribution >= 4 is 17.3 Å². The molecule has 21 heavy (non-hydrogen) atoms. The maximum atomic E-state index is 13.0. The van der Waals surface area contributed by atoms with Gasteiger partial charge in [-0.05, 0) is 30.7 Å². The lowest BCUT2D eigenvalue weighted by Gasteiger charge is -2.07. The highest BCUT2D eigenvalue weighted by Gasteiger charge is 2.09. The number of rotatable bonds is 5. The molecule has 110 valence electrons. The number of carbonyl (C=O) groups is 1. The van der Waals surface area contributed by atoms with Crippen molar-refractivity contribution < 1.29 is 13.6 Å². The molecule has 2 aromatic rings. The molecule has 2 rings (SSSR count). The summed E-state index contributed by atoms with van der Waals surface area (Å²) in [5.41, 5.74) is 1.03. The molecule has 6 heteroatoms. The average molecular weight is 291 g/mol. The van der Waals surface area contributed by atoms with Gasteiger partial charge in [0.05, 0.1) is 11.9 Å². The highest BCUT2D eigenvalue weighted by Crippen LogP contribution is 2.14. The molecule has 4 nitrogen and oxygen atoms in total. The van der Waals surface area contributed by atoms with Crippen LogP contribution in [0.1, 0.15) is 23.8 Å². The molecule has 0 radical (unpaired) electrons. The van der Waals surface area contributed by atoms with Gasteiger partial charge in [0.1, 0.15) is 17.3 Å². The third kappa shape index (κ3) is 4.24. The summed E-state index contributed by atoms with van der Waals surface area (Å²) in [6, 6.07) is 6.09. The SMILES string of the molecule is CCCNc1ccc(C(=O)Nc2cc(F)cc(F)c2)nc1. The molecule has 0 atom stereocenters. The highest BCUT2D eigenvalue weighted by molar-refractivity contribution is 6.02. The third-order valence-electron chi connectivity index (χ3n) is 2.70. The lowest BCUT2D eigenvalue weighted by molar-refractivity contribution is 0.102. The molecule has 1 heterocycles. The summed E-state index contributed by atoms with van der Waals surface area (Å²) in [4.78, 5) is 15.9. The van der Waals surface area contributed by atoms with Crippen molar-refractivity contribution in [3.63, 3.8) is 0 Å². The lowest BCUT2D eigenvalue weighted by Crippen LogP contribution is -2.14. The Kier molecular flexibility index (Phi) is 4.81. The monoisotopic (exact) mass is 291 g/mol. The predicted molar refractivity (Wildman–Crippen MR) is 77.3 cm³/mol. The van der Waals surface area contributed by atoms with Crippen LogP contribution in [0.2, 0.25) is 0 Å². The maximum absolute atomic E-state index is 13.0. The average Bonchev–Trinajstić information content (AvgIpc) is 2.44. The van der Waals surface area contributed by atoms with Crippen LogP contribution in [0.5, 0.6) is 0 Å². The Hall–Kier alpha value is -2.50. The van der Waals surface area contributed by atoms with Crippen molar-refractivity contribution in [1.82, 2.24) is 4.98 Å². The molecule has 0 aliphatic carbocycles. The minimum Gasteiger partial charge on any atom is -0.384 e. The molecule has 1 aromatic heterocycles. The first-order valence-corrected chi connectivity index (χ1v) is 6.56. The number of nitrogens with zero attached hydrogens (tertiary/aromatic N) is 1. The Morgan fingerprint density at radius 1 is 1.14 bits per heavy atom. The number of benzene rings is 1. The van der Waals surface area contributed by atoms with E-state index < -0.39 is 17.5 Å². The van der Waals surface area contributed by atoms with Crippen molar-refractivity contribution in [3.8, 4) is 0 Å². The molecular weight excluding hydrogens is 276 g/mol. The summed E-state index contributed by atoms with van der Waals surface area (Å²) in [5.74, 6) is -2.03. The Bertz CT molecular complexity index is 609. The number of halogens is 2. The van der Waals surface area contributed by atoms with Crippen molar-refractivity contribution in [1.29, 1.82) is 0 Å². The van der Waals surface area contributed by atoms with E-state index in [1.807, 2.05) is 6.92 Å². The number of hydrogen-bond donors (Lipinski definition) is 2. The second kappa shape index (κ2) is 6.78. The molecule has 0 aliphatic heterocycles. The molecule has 0 saturated heterocycles. The predicted octanol–water partition coefficient (Wildman–Crippen LogP) is 3.43. The van der Waals surface area contributed by atoms with Crippen LogP contribution in [0.25, 0.3) is 0 Å². The van der Waals surface area contributed by atoms with Crippen molar-refractivity contribution in [3.05, 3.63) is 53.9 Å². The Labute approximate surface area is 121 Å². The Balaban J connectivity index is 2.06. The zero-order chi connectivity index (χ0) is 15.2. The molecule has 1 amide bonds. The number of pyridine rings is 1. The van der Waals surface area contributed by atoms with Crippen LogP contribution in [0, 0.1) is 11.6 Å². The van der Waals surface area contributed by atoms with E-state index in [-0.39, 0.29) is 11.4 Å². The van der Waals surface area contributed by atoms with Gasteiger partial charge in [-0.2, -0.15) is 0 Å². The Morgan fingerprint density at radius 2 is 1.86 bits per heavy atom. The van der Waals surface area contributed by atoms with Crippen LogP contribution >= 0.6 is 0 Å². The van der Waals surface area contributed by atoms with Crippen molar-refractivity contribution in [2.45, 2.75) is 13.3 Å². The van der Waals surface area contributed by atoms with Gasteiger partial charge >= 0.3 is 0 Å². The third-order valence-corrected chi connectivity index (χ3v) is 2.70. The molecular formula is C15H15F2N3O. The number of amides is 1. The zero-order valence-corrected chi connectivity index (χ0v) is 11.5. The van der Waals surface area contributed by atoms with Crippen molar-refractivity contribution in [2.24, 2.45) is 0 Å². The quantitative estimate of drug-likeness (QED) is 0.887. The summed E-state index contributed by atoms with van der Waals surface area (Å²) in [6.45, 7) is 2.86. The van der Waals surface area contributed by atoms with Gasteiger partial charge in [-0.15, -0.1) is 0 Å². The van der Waals surface area contributed by atoms with Gasteiger partial charge in [0.25, 0.3) is 5.91 Å². The molecule has 0 unspecified atom stereocenters. The van der Waals surface area contributed by atoms with Crippen LogP contribution in [0.15, 0.2) is 36.5 Å². The second-order valence-corrected chi connectivity index (χ2v) is 4.47. The summed E-state index contributed by atoms with van der Waals surface area (Å²) in [7, 11) is 0. The van der Waals surface area contributed by atoms with Crippen LogP contribution in [-0.4, -0.2) is 17.4 Å². The van der Waals surface area contributed by atoms with Gasteiger partial charge < -0.3 is 10.6 Å². The van der Waals surface area contributed by atoms with Crippen LogP contribution < -0.4 is 10.6 Å². The molecule has 1 aromatic carbocycles. The normalized spacial score (nSPS) is 10.2. The van der Waals surface area contributed by atoms with E-state index in [4.69, 9.17) is 0 Å². The van der Waals surface area contributed by atoms with Gasteiger partial charge in [-0.1, -0.05) is 6.92 Å². The molecule has 0 spiro atoms. The second-order valence-electron chi connectivity index (χ2n) is 4.47. The smallest absolute Gasteiger partial charge is 0.274 e. The number of carbonyl (C=O) groups excluding carboxylic acids is 1. The number of anilines is 2. The van der Waals surface area contributed by atoms with E-state index in [1.165, 1.54) is 6.20 Å². The summed E-state index contributed by atoms with van der Waals surface area (Å²) in [6.07, 6.45) is 2.52. The zero-order valence-electron chi connectivity index (χ0n) is 11.5. The first-order chi connectivity index (χ1) is 10.1. The van der Waals surface area contributed by atoms with E-state index in [0.717, 1.165) is 36.9 Å². The number of hydrogen-bond acceptors (Lipinski definition) is 3. The fourth-order valence-electron chi connectivity index (χ4n) is 1.72. The molecule has 2 N–H and O–H groups in total. The van der Waals surface area contributed by atoms with E-state index >= 15 is 0 Å². The van der Waals surface area contributed by atoms with Gasteiger partial charge in [0.2, 0.25) is 0 Å².